The minimum atomic E-state index is -0.466. The third-order valence-electron chi connectivity index (χ3n) is 6.15. The molecule has 7 nitrogen and oxygen atoms in total. The lowest BCUT2D eigenvalue weighted by Crippen LogP contribution is -2.49. The highest BCUT2D eigenvalue weighted by Gasteiger charge is 2.37. The Balaban J connectivity index is 1.37. The number of nitrogens with zero attached hydrogens (tertiary/aromatic N) is 3. The van der Waals surface area contributed by atoms with E-state index >= 15 is 0 Å². The van der Waals surface area contributed by atoms with Gasteiger partial charge in [0.25, 0.3) is 17.4 Å². The number of carbonyl (C=O) groups excluding carboxylic acids is 2. The average molecular weight is 432 g/mol. The Bertz CT molecular complexity index is 1240. The third kappa shape index (κ3) is 3.68. The topological polar surface area (TPSA) is 84.3 Å². The first kappa shape index (κ1) is 20.1. The molecule has 2 amide bonds. The van der Waals surface area contributed by atoms with Crippen molar-refractivity contribution in [3.63, 3.8) is 0 Å². The number of pyridine rings is 2. The van der Waals surface area contributed by atoms with E-state index in [0.717, 1.165) is 12.1 Å². The van der Waals surface area contributed by atoms with Crippen molar-refractivity contribution >= 4 is 17.5 Å². The molecule has 2 bridgehead atoms. The number of piperidine rings is 1. The van der Waals surface area contributed by atoms with E-state index < -0.39 is 11.7 Å². The van der Waals surface area contributed by atoms with Crippen LogP contribution >= 0.6 is 0 Å². The van der Waals surface area contributed by atoms with Crippen molar-refractivity contribution in [2.45, 2.75) is 18.9 Å². The smallest absolute Gasteiger partial charge is 0.274 e. The normalized spacial score (nSPS) is 19.2. The van der Waals surface area contributed by atoms with Gasteiger partial charge in [-0.1, -0.05) is 0 Å². The zero-order valence-corrected chi connectivity index (χ0v) is 17.2. The van der Waals surface area contributed by atoms with Gasteiger partial charge in [0.1, 0.15) is 11.5 Å². The number of likely N-dealkylation sites (tertiary alicyclic amines) is 1. The summed E-state index contributed by atoms with van der Waals surface area (Å²) in [6.07, 6.45) is 4.12. The lowest BCUT2D eigenvalue weighted by molar-refractivity contribution is 0.0594. The number of fused-ring (bicyclic) bond motifs is 4. The summed E-state index contributed by atoms with van der Waals surface area (Å²) >= 11 is 0. The fourth-order valence-electron chi connectivity index (χ4n) is 4.67. The van der Waals surface area contributed by atoms with Crippen molar-refractivity contribution in [3.8, 4) is 0 Å². The first-order chi connectivity index (χ1) is 15.5. The number of rotatable bonds is 3. The molecule has 2 aliphatic rings. The number of benzene rings is 1. The lowest BCUT2D eigenvalue weighted by atomic mass is 9.83. The highest BCUT2D eigenvalue weighted by Crippen LogP contribution is 2.36. The van der Waals surface area contributed by atoms with Crippen molar-refractivity contribution in [3.05, 3.63) is 93.9 Å². The predicted octanol–water partition coefficient (Wildman–Crippen LogP) is 2.89. The van der Waals surface area contributed by atoms with Gasteiger partial charge in [-0.05, 0) is 60.9 Å². The predicted molar refractivity (Wildman–Crippen MR) is 116 cm³/mol. The summed E-state index contributed by atoms with van der Waals surface area (Å²) in [6.45, 7) is 1.59. The van der Waals surface area contributed by atoms with Crippen molar-refractivity contribution in [1.29, 1.82) is 0 Å². The largest absolute Gasteiger partial charge is 0.338 e. The second-order valence-corrected chi connectivity index (χ2v) is 8.30. The number of aromatic nitrogens is 2. The van der Waals surface area contributed by atoms with Crippen molar-refractivity contribution < 1.29 is 14.0 Å². The number of halogens is 1. The maximum Gasteiger partial charge on any atom is 0.274 e. The van der Waals surface area contributed by atoms with Crippen LogP contribution in [0.1, 0.15) is 38.7 Å². The van der Waals surface area contributed by atoms with Gasteiger partial charge in [0, 0.05) is 49.2 Å². The minimum absolute atomic E-state index is 0.0493. The fourth-order valence-corrected chi connectivity index (χ4v) is 4.67. The molecule has 1 N–H and O–H groups in total. The molecule has 0 spiro atoms. The number of anilines is 1. The standard InChI is InChI=1S/C24H21FN4O3/c25-19-5-3-16(4-6-19)22(30)27-20-7-8-21-18-10-15(13-29(21)24(20)32)12-28(14-18)23(31)17-2-1-9-26-11-17/h1-9,11,15,18H,10,12-14H2,(H,27,30)/t15-,18-/m1/s1. The van der Waals surface area contributed by atoms with Crippen molar-refractivity contribution in [2.24, 2.45) is 5.92 Å². The van der Waals surface area contributed by atoms with E-state index in [4.69, 9.17) is 0 Å². The van der Waals surface area contributed by atoms with Gasteiger partial charge < -0.3 is 14.8 Å². The van der Waals surface area contributed by atoms with Crippen LogP contribution in [0.3, 0.4) is 0 Å². The Morgan fingerprint density at radius 2 is 1.81 bits per heavy atom. The monoisotopic (exact) mass is 432 g/mol. The Kier molecular flexibility index (Phi) is 5.05. The molecular weight excluding hydrogens is 411 g/mol. The van der Waals surface area contributed by atoms with Crippen molar-refractivity contribution in [1.82, 2.24) is 14.5 Å². The third-order valence-corrected chi connectivity index (χ3v) is 6.15. The second kappa shape index (κ2) is 8.03. The van der Waals surface area contributed by atoms with Gasteiger partial charge in [0.2, 0.25) is 0 Å². The molecule has 2 aliphatic heterocycles. The van der Waals surface area contributed by atoms with E-state index in [9.17, 15) is 18.8 Å². The maximum atomic E-state index is 13.1. The van der Waals surface area contributed by atoms with Crippen LogP contribution in [0.15, 0.2) is 65.7 Å². The quantitative estimate of drug-likeness (QED) is 0.690. The summed E-state index contributed by atoms with van der Waals surface area (Å²) in [5.41, 5.74) is 1.62. The van der Waals surface area contributed by atoms with E-state index in [2.05, 4.69) is 10.3 Å². The molecule has 2 atom stereocenters. The zero-order valence-electron chi connectivity index (χ0n) is 17.2. The Hall–Kier alpha value is -3.81. The molecule has 0 saturated carbocycles. The molecule has 1 aromatic carbocycles. The van der Waals surface area contributed by atoms with Gasteiger partial charge in [-0.25, -0.2) is 4.39 Å². The molecule has 32 heavy (non-hydrogen) atoms. The van der Waals surface area contributed by atoms with Crippen LogP contribution < -0.4 is 10.9 Å². The number of carbonyl (C=O) groups is 2. The minimum Gasteiger partial charge on any atom is -0.338 e. The number of hydrogen-bond acceptors (Lipinski definition) is 4. The maximum absolute atomic E-state index is 13.1. The summed E-state index contributed by atoms with van der Waals surface area (Å²) in [5, 5.41) is 2.64. The molecule has 1 fully saturated rings. The molecular formula is C24H21FN4O3. The summed E-state index contributed by atoms with van der Waals surface area (Å²) in [4.78, 5) is 44.3. The van der Waals surface area contributed by atoms with Crippen LogP contribution in [-0.2, 0) is 6.54 Å². The molecule has 162 valence electrons. The average Bonchev–Trinajstić information content (AvgIpc) is 2.81. The SMILES string of the molecule is O=C(Nc1ccc2n(c1=O)C[C@@H]1C[C@@H]2CN(C(=O)c2cccnc2)C1)c1ccc(F)cc1. The van der Waals surface area contributed by atoms with Crippen LogP contribution in [0.5, 0.6) is 0 Å². The van der Waals surface area contributed by atoms with Gasteiger partial charge in [-0.3, -0.25) is 19.4 Å². The van der Waals surface area contributed by atoms with Gasteiger partial charge in [-0.15, -0.1) is 0 Å². The first-order valence-corrected chi connectivity index (χ1v) is 10.5. The van der Waals surface area contributed by atoms with Crippen LogP contribution in [0.2, 0.25) is 0 Å². The second-order valence-electron chi connectivity index (χ2n) is 8.30. The Morgan fingerprint density at radius 1 is 1.00 bits per heavy atom. The van der Waals surface area contributed by atoms with Crippen LogP contribution in [0.25, 0.3) is 0 Å². The highest BCUT2D eigenvalue weighted by molar-refractivity contribution is 6.04. The first-order valence-electron chi connectivity index (χ1n) is 10.5. The van der Waals surface area contributed by atoms with Crippen LogP contribution in [-0.4, -0.2) is 39.4 Å². The van der Waals surface area contributed by atoms with Crippen LogP contribution in [0.4, 0.5) is 10.1 Å². The molecule has 4 heterocycles. The van der Waals surface area contributed by atoms with Gasteiger partial charge in [0.15, 0.2) is 0 Å². The highest BCUT2D eigenvalue weighted by atomic mass is 19.1. The molecule has 0 unspecified atom stereocenters. The zero-order chi connectivity index (χ0) is 22.2. The fraction of sp³-hybridized carbons (Fsp3) is 0.250. The van der Waals surface area contributed by atoms with E-state index in [-0.39, 0.29) is 34.6 Å². The molecule has 1 saturated heterocycles. The van der Waals surface area contributed by atoms with E-state index in [1.54, 1.807) is 35.2 Å². The summed E-state index contributed by atoms with van der Waals surface area (Å²) in [6, 6.07) is 12.1. The van der Waals surface area contributed by atoms with E-state index in [1.807, 2.05) is 11.0 Å². The number of amides is 2. The summed E-state index contributed by atoms with van der Waals surface area (Å²) in [7, 11) is 0. The summed E-state index contributed by atoms with van der Waals surface area (Å²) in [5.74, 6) is -0.739. The Labute approximate surface area is 183 Å². The molecule has 3 aromatic rings. The van der Waals surface area contributed by atoms with Gasteiger partial charge in [-0.2, -0.15) is 0 Å². The Morgan fingerprint density at radius 3 is 2.56 bits per heavy atom. The van der Waals surface area contributed by atoms with Crippen molar-refractivity contribution in [2.75, 3.05) is 18.4 Å². The molecule has 0 radical (unpaired) electrons. The van der Waals surface area contributed by atoms with Gasteiger partial charge >= 0.3 is 0 Å². The van der Waals surface area contributed by atoms with E-state index in [1.165, 1.54) is 24.3 Å². The number of hydrogen-bond donors (Lipinski definition) is 1. The molecule has 0 aliphatic carbocycles. The molecule has 2 aromatic heterocycles. The molecule has 5 rings (SSSR count). The summed E-state index contributed by atoms with van der Waals surface area (Å²) < 4.78 is 14.8. The van der Waals surface area contributed by atoms with E-state index in [0.29, 0.717) is 25.2 Å². The van der Waals surface area contributed by atoms with Gasteiger partial charge in [0.05, 0.1) is 5.56 Å². The lowest BCUT2D eigenvalue weighted by Gasteiger charge is -2.42. The van der Waals surface area contributed by atoms with Crippen LogP contribution in [0, 0.1) is 11.7 Å². The number of nitrogens with one attached hydrogen (secondary N) is 1. The molecule has 8 heteroatoms.